The first-order chi connectivity index (χ1) is 9.29. The Morgan fingerprint density at radius 3 is 3.00 bits per heavy atom. The van der Waals surface area contributed by atoms with Crippen LogP contribution >= 0.6 is 35.3 Å². The summed E-state index contributed by atoms with van der Waals surface area (Å²) in [5.41, 5.74) is 1.38. The molecule has 0 saturated carbocycles. The third-order valence-corrected chi connectivity index (χ3v) is 4.13. The topological polar surface area (TPSA) is 45.7 Å². The van der Waals surface area contributed by atoms with Crippen molar-refractivity contribution in [3.63, 3.8) is 0 Å². The molecule has 0 radical (unpaired) electrons. The van der Waals surface area contributed by atoms with Gasteiger partial charge in [-0.1, -0.05) is 6.92 Å². The Balaban J connectivity index is 0.00000200. The van der Waals surface area contributed by atoms with E-state index in [2.05, 4.69) is 39.4 Å². The molecule has 1 fully saturated rings. The van der Waals surface area contributed by atoms with Crippen molar-refractivity contribution in [2.75, 3.05) is 26.7 Å². The van der Waals surface area contributed by atoms with E-state index < -0.39 is 0 Å². The number of nitrogens with one attached hydrogen (secondary N) is 2. The minimum Gasteiger partial charge on any atom is -0.376 e. The van der Waals surface area contributed by atoms with E-state index in [-0.39, 0.29) is 24.0 Å². The molecule has 2 atom stereocenters. The van der Waals surface area contributed by atoms with Gasteiger partial charge in [0.15, 0.2) is 5.96 Å². The predicted octanol–water partition coefficient (Wildman–Crippen LogP) is 2.81. The first-order valence-electron chi connectivity index (χ1n) is 6.88. The molecular formula is C14H24IN3OS. The number of aliphatic imine (C=N–C) groups is 1. The maximum absolute atomic E-state index is 5.59. The Morgan fingerprint density at radius 2 is 2.40 bits per heavy atom. The maximum Gasteiger partial charge on any atom is 0.191 e. The lowest BCUT2D eigenvalue weighted by Crippen LogP contribution is -2.42. The molecule has 1 aliphatic heterocycles. The zero-order valence-corrected chi connectivity index (χ0v) is 15.2. The largest absolute Gasteiger partial charge is 0.376 e. The van der Waals surface area contributed by atoms with E-state index in [0.29, 0.717) is 12.0 Å². The number of guanidine groups is 1. The fourth-order valence-electron chi connectivity index (χ4n) is 2.16. The van der Waals surface area contributed by atoms with Crippen LogP contribution in [-0.4, -0.2) is 38.8 Å². The highest BCUT2D eigenvalue weighted by molar-refractivity contribution is 14.0. The Bertz CT molecular complexity index is 391. The molecule has 114 valence electrons. The monoisotopic (exact) mass is 409 g/mol. The van der Waals surface area contributed by atoms with Crippen molar-refractivity contribution in [2.24, 2.45) is 4.99 Å². The molecule has 2 unspecified atom stereocenters. The van der Waals surface area contributed by atoms with Crippen LogP contribution in [0.2, 0.25) is 0 Å². The summed E-state index contributed by atoms with van der Waals surface area (Å²) in [6, 6.07) is 2.18. The molecule has 1 aliphatic rings. The van der Waals surface area contributed by atoms with E-state index in [4.69, 9.17) is 4.74 Å². The summed E-state index contributed by atoms with van der Waals surface area (Å²) in [6.07, 6.45) is 2.66. The number of hydrogen-bond acceptors (Lipinski definition) is 3. The second-order valence-corrected chi connectivity index (χ2v) is 5.71. The van der Waals surface area contributed by atoms with Gasteiger partial charge in [-0.25, -0.2) is 0 Å². The van der Waals surface area contributed by atoms with Gasteiger partial charge in [-0.05, 0) is 41.1 Å². The average molecular weight is 409 g/mol. The van der Waals surface area contributed by atoms with Gasteiger partial charge in [0, 0.05) is 26.7 Å². The molecule has 0 amide bonds. The van der Waals surface area contributed by atoms with Crippen molar-refractivity contribution in [3.8, 4) is 0 Å². The number of thiophene rings is 1. The average Bonchev–Trinajstić information content (AvgIpc) is 3.11. The number of halogens is 1. The molecule has 20 heavy (non-hydrogen) atoms. The van der Waals surface area contributed by atoms with E-state index >= 15 is 0 Å². The SMILES string of the molecule is CN=C(NCC1CCCO1)NCC(C)c1ccsc1.I. The molecule has 2 N–H and O–H groups in total. The van der Waals surface area contributed by atoms with Crippen molar-refractivity contribution in [3.05, 3.63) is 22.4 Å². The minimum atomic E-state index is 0. The lowest BCUT2D eigenvalue weighted by Gasteiger charge is -2.17. The molecule has 2 rings (SSSR count). The van der Waals surface area contributed by atoms with E-state index in [1.807, 2.05) is 0 Å². The molecule has 1 aromatic heterocycles. The number of nitrogens with zero attached hydrogens (tertiary/aromatic N) is 1. The van der Waals surface area contributed by atoms with Crippen LogP contribution in [-0.2, 0) is 4.74 Å². The van der Waals surface area contributed by atoms with Gasteiger partial charge in [-0.15, -0.1) is 24.0 Å². The lowest BCUT2D eigenvalue weighted by atomic mass is 10.1. The van der Waals surface area contributed by atoms with Crippen LogP contribution in [0, 0.1) is 0 Å². The summed E-state index contributed by atoms with van der Waals surface area (Å²) >= 11 is 1.74. The fourth-order valence-corrected chi connectivity index (χ4v) is 2.94. The van der Waals surface area contributed by atoms with Crippen molar-refractivity contribution in [1.29, 1.82) is 0 Å². The van der Waals surface area contributed by atoms with Crippen molar-refractivity contribution in [1.82, 2.24) is 10.6 Å². The van der Waals surface area contributed by atoms with E-state index in [1.165, 1.54) is 12.0 Å². The zero-order chi connectivity index (χ0) is 13.5. The Labute approximate surface area is 142 Å². The van der Waals surface area contributed by atoms with Crippen LogP contribution in [0.25, 0.3) is 0 Å². The zero-order valence-electron chi connectivity index (χ0n) is 12.1. The lowest BCUT2D eigenvalue weighted by molar-refractivity contribution is 0.114. The summed E-state index contributed by atoms with van der Waals surface area (Å²) in [6.45, 7) is 4.85. The molecule has 1 saturated heterocycles. The van der Waals surface area contributed by atoms with Gasteiger partial charge in [0.1, 0.15) is 0 Å². The normalized spacial score (nSPS) is 20.3. The molecular weight excluding hydrogens is 385 g/mol. The van der Waals surface area contributed by atoms with Gasteiger partial charge in [-0.2, -0.15) is 11.3 Å². The van der Waals surface area contributed by atoms with E-state index in [9.17, 15) is 0 Å². The summed E-state index contributed by atoms with van der Waals surface area (Å²) in [5, 5.41) is 11.0. The second kappa shape index (κ2) is 9.57. The Hall–Kier alpha value is -0.340. The molecule has 0 spiro atoms. The van der Waals surface area contributed by atoms with E-state index in [1.54, 1.807) is 18.4 Å². The van der Waals surface area contributed by atoms with Crippen molar-refractivity contribution < 1.29 is 4.74 Å². The van der Waals surface area contributed by atoms with Crippen LogP contribution in [0.5, 0.6) is 0 Å². The van der Waals surface area contributed by atoms with Gasteiger partial charge >= 0.3 is 0 Å². The number of ether oxygens (including phenoxy) is 1. The smallest absolute Gasteiger partial charge is 0.191 e. The molecule has 0 aliphatic carbocycles. The molecule has 0 bridgehead atoms. The second-order valence-electron chi connectivity index (χ2n) is 4.93. The van der Waals surface area contributed by atoms with Crippen LogP contribution in [0.1, 0.15) is 31.2 Å². The summed E-state index contributed by atoms with van der Waals surface area (Å²) in [4.78, 5) is 4.24. The third kappa shape index (κ3) is 5.57. The van der Waals surface area contributed by atoms with Gasteiger partial charge in [-0.3, -0.25) is 4.99 Å². The Morgan fingerprint density at radius 1 is 1.55 bits per heavy atom. The minimum absolute atomic E-state index is 0. The van der Waals surface area contributed by atoms with Crippen molar-refractivity contribution in [2.45, 2.75) is 31.8 Å². The molecule has 0 aromatic carbocycles. The maximum atomic E-state index is 5.59. The van der Waals surface area contributed by atoms with Gasteiger partial charge in [0.05, 0.1) is 6.10 Å². The highest BCUT2D eigenvalue weighted by atomic mass is 127. The predicted molar refractivity (Wildman–Crippen MR) is 96.5 cm³/mol. The van der Waals surface area contributed by atoms with Crippen LogP contribution in [0.15, 0.2) is 21.8 Å². The van der Waals surface area contributed by atoms with Gasteiger partial charge in [0.2, 0.25) is 0 Å². The molecule has 2 heterocycles. The summed E-state index contributed by atoms with van der Waals surface area (Å²) in [5.74, 6) is 1.35. The molecule has 4 nitrogen and oxygen atoms in total. The van der Waals surface area contributed by atoms with Crippen LogP contribution < -0.4 is 10.6 Å². The highest BCUT2D eigenvalue weighted by Crippen LogP contribution is 2.17. The van der Waals surface area contributed by atoms with E-state index in [0.717, 1.165) is 32.1 Å². The first-order valence-corrected chi connectivity index (χ1v) is 7.82. The summed E-state index contributed by atoms with van der Waals surface area (Å²) in [7, 11) is 1.81. The van der Waals surface area contributed by atoms with Gasteiger partial charge in [0.25, 0.3) is 0 Å². The molecule has 1 aromatic rings. The third-order valence-electron chi connectivity index (χ3n) is 3.43. The number of hydrogen-bond donors (Lipinski definition) is 2. The van der Waals surface area contributed by atoms with Crippen LogP contribution in [0.4, 0.5) is 0 Å². The highest BCUT2D eigenvalue weighted by Gasteiger charge is 2.15. The van der Waals surface area contributed by atoms with Crippen LogP contribution in [0.3, 0.4) is 0 Å². The van der Waals surface area contributed by atoms with Crippen molar-refractivity contribution >= 4 is 41.3 Å². The fraction of sp³-hybridized carbons (Fsp3) is 0.643. The first kappa shape index (κ1) is 17.7. The van der Waals surface area contributed by atoms with Gasteiger partial charge < -0.3 is 15.4 Å². The Kier molecular flexibility index (Phi) is 8.47. The standard InChI is InChI=1S/C14H23N3OS.HI/c1-11(12-5-7-19-10-12)8-16-14(15-2)17-9-13-4-3-6-18-13;/h5,7,10-11,13H,3-4,6,8-9H2,1-2H3,(H2,15,16,17);1H. The molecule has 6 heteroatoms. The number of rotatable bonds is 5. The quantitative estimate of drug-likeness (QED) is 0.447. The summed E-state index contributed by atoms with van der Waals surface area (Å²) < 4.78 is 5.59.